The number of amides is 1. The first-order valence-corrected chi connectivity index (χ1v) is 7.63. The minimum atomic E-state index is -0.164. The minimum absolute atomic E-state index is 0.164. The Morgan fingerprint density at radius 1 is 1.09 bits per heavy atom. The Bertz CT molecular complexity index is 702. The maximum Gasteiger partial charge on any atom is 0.254 e. The van der Waals surface area contributed by atoms with Crippen LogP contribution in [-0.4, -0.2) is 32.1 Å². The fourth-order valence-corrected chi connectivity index (χ4v) is 2.61. The molecule has 122 valence electrons. The van der Waals surface area contributed by atoms with Gasteiger partial charge in [0.1, 0.15) is 0 Å². The van der Waals surface area contributed by atoms with Gasteiger partial charge in [-0.15, -0.1) is 0 Å². The van der Waals surface area contributed by atoms with Crippen LogP contribution in [0.2, 0.25) is 10.0 Å². The summed E-state index contributed by atoms with van der Waals surface area (Å²) in [4.78, 5) is 14.2. The summed E-state index contributed by atoms with van der Waals surface area (Å²) in [5, 5.41) is 0.990. The van der Waals surface area contributed by atoms with Gasteiger partial charge >= 0.3 is 0 Å². The number of halogens is 2. The van der Waals surface area contributed by atoms with E-state index in [0.717, 1.165) is 5.56 Å². The monoisotopic (exact) mass is 353 g/mol. The molecule has 0 spiro atoms. The van der Waals surface area contributed by atoms with E-state index in [2.05, 4.69) is 0 Å². The van der Waals surface area contributed by atoms with Gasteiger partial charge in [0, 0.05) is 24.2 Å². The van der Waals surface area contributed by atoms with Crippen molar-refractivity contribution in [3.05, 3.63) is 57.6 Å². The molecule has 0 saturated heterocycles. The molecule has 2 aromatic carbocycles. The van der Waals surface area contributed by atoms with E-state index in [4.69, 9.17) is 32.7 Å². The second-order valence-electron chi connectivity index (χ2n) is 4.98. The summed E-state index contributed by atoms with van der Waals surface area (Å²) in [6.07, 6.45) is 0. The number of ether oxygens (including phenoxy) is 2. The van der Waals surface area contributed by atoms with Crippen molar-refractivity contribution in [3.8, 4) is 11.5 Å². The highest BCUT2D eigenvalue weighted by atomic mass is 35.5. The predicted molar refractivity (Wildman–Crippen MR) is 91.8 cm³/mol. The molecule has 0 saturated carbocycles. The first-order valence-electron chi connectivity index (χ1n) is 6.87. The van der Waals surface area contributed by atoms with Gasteiger partial charge in [-0.05, 0) is 29.8 Å². The fraction of sp³-hybridized carbons (Fsp3) is 0.235. The molecule has 0 aliphatic heterocycles. The number of hydrogen-bond acceptors (Lipinski definition) is 3. The molecule has 0 atom stereocenters. The summed E-state index contributed by atoms with van der Waals surface area (Å²) in [6.45, 7) is 0.460. The molecular formula is C17H17Cl2NO3. The topological polar surface area (TPSA) is 38.8 Å². The molecule has 0 radical (unpaired) electrons. The molecule has 2 aromatic rings. The molecule has 2 rings (SSSR count). The molecule has 1 amide bonds. The van der Waals surface area contributed by atoms with Crippen molar-refractivity contribution in [2.24, 2.45) is 0 Å². The van der Waals surface area contributed by atoms with Gasteiger partial charge in [0.2, 0.25) is 0 Å². The molecule has 4 nitrogen and oxygen atoms in total. The Morgan fingerprint density at radius 3 is 2.30 bits per heavy atom. The molecule has 0 N–H and O–H groups in total. The molecule has 6 heteroatoms. The van der Waals surface area contributed by atoms with Crippen LogP contribution in [0.1, 0.15) is 15.9 Å². The molecule has 0 heterocycles. The Balaban J connectivity index is 2.22. The SMILES string of the molecule is COc1cc(C(=O)N(C)Cc2ccc(Cl)cc2)cc(Cl)c1OC. The van der Waals surface area contributed by atoms with Crippen molar-refractivity contribution in [2.75, 3.05) is 21.3 Å². The second kappa shape index (κ2) is 7.57. The lowest BCUT2D eigenvalue weighted by molar-refractivity contribution is 0.0784. The zero-order valence-electron chi connectivity index (χ0n) is 13.1. The third-order valence-electron chi connectivity index (χ3n) is 3.36. The van der Waals surface area contributed by atoms with E-state index in [-0.39, 0.29) is 5.91 Å². The molecule has 0 aliphatic carbocycles. The number of rotatable bonds is 5. The Hall–Kier alpha value is -1.91. The Morgan fingerprint density at radius 2 is 1.74 bits per heavy atom. The number of hydrogen-bond donors (Lipinski definition) is 0. The van der Waals surface area contributed by atoms with E-state index in [1.54, 1.807) is 36.2 Å². The number of benzene rings is 2. The van der Waals surface area contributed by atoms with E-state index in [0.29, 0.717) is 33.7 Å². The first-order chi connectivity index (χ1) is 11.0. The molecular weight excluding hydrogens is 337 g/mol. The van der Waals surface area contributed by atoms with Crippen molar-refractivity contribution >= 4 is 29.1 Å². The molecule has 0 aromatic heterocycles. The third-order valence-corrected chi connectivity index (χ3v) is 3.89. The van der Waals surface area contributed by atoms with Crippen LogP contribution in [-0.2, 0) is 6.54 Å². The van der Waals surface area contributed by atoms with Gasteiger partial charge in [0.05, 0.1) is 19.2 Å². The fourth-order valence-electron chi connectivity index (χ4n) is 2.20. The number of carbonyl (C=O) groups excluding carboxylic acids is 1. The molecule has 0 fully saturated rings. The zero-order chi connectivity index (χ0) is 17.0. The van der Waals surface area contributed by atoms with Crippen LogP contribution in [0, 0.1) is 0 Å². The van der Waals surface area contributed by atoms with Crippen LogP contribution in [0.15, 0.2) is 36.4 Å². The highest BCUT2D eigenvalue weighted by molar-refractivity contribution is 6.32. The van der Waals surface area contributed by atoms with E-state index in [1.165, 1.54) is 14.2 Å². The maximum atomic E-state index is 12.6. The normalized spacial score (nSPS) is 10.3. The number of carbonyl (C=O) groups is 1. The van der Waals surface area contributed by atoms with Crippen molar-refractivity contribution < 1.29 is 14.3 Å². The van der Waals surface area contributed by atoms with Crippen molar-refractivity contribution in [1.82, 2.24) is 4.90 Å². The van der Waals surface area contributed by atoms with Crippen LogP contribution >= 0.6 is 23.2 Å². The number of nitrogens with zero attached hydrogens (tertiary/aromatic N) is 1. The third kappa shape index (κ3) is 4.09. The van der Waals surface area contributed by atoms with Gasteiger partial charge in [-0.1, -0.05) is 35.3 Å². The Labute approximate surface area is 145 Å². The first kappa shape index (κ1) is 17.4. The highest BCUT2D eigenvalue weighted by Gasteiger charge is 2.18. The van der Waals surface area contributed by atoms with Crippen LogP contribution in [0.4, 0.5) is 0 Å². The maximum absolute atomic E-state index is 12.6. The Kier molecular flexibility index (Phi) is 5.74. The van der Waals surface area contributed by atoms with Gasteiger partial charge in [-0.25, -0.2) is 0 Å². The lowest BCUT2D eigenvalue weighted by Crippen LogP contribution is -2.26. The average molecular weight is 354 g/mol. The van der Waals surface area contributed by atoms with Gasteiger partial charge < -0.3 is 14.4 Å². The summed E-state index contributed by atoms with van der Waals surface area (Å²) >= 11 is 12.0. The summed E-state index contributed by atoms with van der Waals surface area (Å²) in [6, 6.07) is 10.5. The lowest BCUT2D eigenvalue weighted by Gasteiger charge is -2.19. The molecule has 23 heavy (non-hydrogen) atoms. The van der Waals surface area contributed by atoms with Gasteiger partial charge in [-0.3, -0.25) is 4.79 Å². The van der Waals surface area contributed by atoms with E-state index in [1.807, 2.05) is 12.1 Å². The minimum Gasteiger partial charge on any atom is -0.493 e. The van der Waals surface area contributed by atoms with Gasteiger partial charge in [0.25, 0.3) is 5.91 Å². The predicted octanol–water partition coefficient (Wildman–Crippen LogP) is 4.28. The van der Waals surface area contributed by atoms with E-state index in [9.17, 15) is 4.79 Å². The summed E-state index contributed by atoms with van der Waals surface area (Å²) in [7, 11) is 4.72. The van der Waals surface area contributed by atoms with Crippen LogP contribution in [0.5, 0.6) is 11.5 Å². The highest BCUT2D eigenvalue weighted by Crippen LogP contribution is 2.36. The second-order valence-corrected chi connectivity index (χ2v) is 5.82. The summed E-state index contributed by atoms with van der Waals surface area (Å²) in [5.74, 6) is 0.664. The quantitative estimate of drug-likeness (QED) is 0.804. The smallest absolute Gasteiger partial charge is 0.254 e. The molecule has 0 unspecified atom stereocenters. The van der Waals surface area contributed by atoms with Gasteiger partial charge in [0.15, 0.2) is 11.5 Å². The summed E-state index contributed by atoms with van der Waals surface area (Å²) in [5.41, 5.74) is 1.42. The van der Waals surface area contributed by atoms with Crippen LogP contribution in [0.25, 0.3) is 0 Å². The van der Waals surface area contributed by atoms with Crippen LogP contribution < -0.4 is 9.47 Å². The number of methoxy groups -OCH3 is 2. The zero-order valence-corrected chi connectivity index (χ0v) is 14.6. The largest absolute Gasteiger partial charge is 0.493 e. The van der Waals surface area contributed by atoms with Gasteiger partial charge in [-0.2, -0.15) is 0 Å². The van der Waals surface area contributed by atoms with E-state index < -0.39 is 0 Å². The molecule has 0 aliphatic rings. The van der Waals surface area contributed by atoms with Crippen LogP contribution in [0.3, 0.4) is 0 Å². The molecule has 0 bridgehead atoms. The standard InChI is InChI=1S/C17H17Cl2NO3/c1-20(10-11-4-6-13(18)7-5-11)17(21)12-8-14(19)16(23-3)15(9-12)22-2/h4-9H,10H2,1-3H3. The van der Waals surface area contributed by atoms with E-state index >= 15 is 0 Å². The lowest BCUT2D eigenvalue weighted by atomic mass is 10.1. The summed E-state index contributed by atoms with van der Waals surface area (Å²) < 4.78 is 10.4. The van der Waals surface area contributed by atoms with Crippen molar-refractivity contribution in [3.63, 3.8) is 0 Å². The van der Waals surface area contributed by atoms with Crippen molar-refractivity contribution in [1.29, 1.82) is 0 Å². The average Bonchev–Trinajstić information content (AvgIpc) is 2.55. The van der Waals surface area contributed by atoms with Crippen molar-refractivity contribution in [2.45, 2.75) is 6.54 Å².